The summed E-state index contributed by atoms with van der Waals surface area (Å²) in [6.45, 7) is 4.22. The molecule has 7 aromatic carbocycles. The summed E-state index contributed by atoms with van der Waals surface area (Å²) in [5, 5.41) is 0. The zero-order chi connectivity index (χ0) is 38.3. The molecule has 1 atom stereocenters. The Bertz CT molecular complexity index is 2880. The van der Waals surface area contributed by atoms with Crippen LogP contribution in [0.15, 0.2) is 200 Å². The molecule has 0 radical (unpaired) electrons. The van der Waals surface area contributed by atoms with E-state index in [0.29, 0.717) is 0 Å². The molecule has 0 saturated heterocycles. The lowest BCUT2D eigenvalue weighted by Crippen LogP contribution is -2.28. The smallest absolute Gasteiger partial charge is 0.160 e. The van der Waals surface area contributed by atoms with E-state index < -0.39 is 5.41 Å². The van der Waals surface area contributed by atoms with Crippen molar-refractivity contribution in [2.75, 3.05) is 0 Å². The largest absolute Gasteiger partial charge is 0.256 e. The van der Waals surface area contributed by atoms with E-state index in [1.54, 1.807) is 0 Å². The highest BCUT2D eigenvalue weighted by Gasteiger charge is 2.46. The van der Waals surface area contributed by atoms with E-state index in [-0.39, 0.29) is 0 Å². The van der Waals surface area contributed by atoms with Crippen LogP contribution in [0.5, 0.6) is 0 Å². The zero-order valence-corrected chi connectivity index (χ0v) is 31.9. The molecule has 0 fully saturated rings. The molecule has 2 aromatic heterocycles. The highest BCUT2D eigenvalue weighted by atomic mass is 14.9. The minimum absolute atomic E-state index is 0.520. The molecule has 1 unspecified atom stereocenters. The van der Waals surface area contributed by atoms with Crippen LogP contribution in [0.2, 0.25) is 0 Å². The second-order valence-corrected chi connectivity index (χ2v) is 14.9. The van der Waals surface area contributed by atoms with Gasteiger partial charge in [0, 0.05) is 34.1 Å². The number of pyridine rings is 1. The van der Waals surface area contributed by atoms with Crippen molar-refractivity contribution in [2.24, 2.45) is 0 Å². The monoisotopic (exact) mass is 729 g/mol. The van der Waals surface area contributed by atoms with Gasteiger partial charge in [0.2, 0.25) is 0 Å². The highest BCUT2D eigenvalue weighted by Crippen LogP contribution is 2.56. The number of aryl methyl sites for hydroxylation is 2. The van der Waals surface area contributed by atoms with Gasteiger partial charge in [0.25, 0.3) is 0 Å². The normalized spacial score (nSPS) is 14.2. The first-order valence-corrected chi connectivity index (χ1v) is 19.5. The minimum atomic E-state index is -0.520. The average Bonchev–Trinajstić information content (AvgIpc) is 3.57. The Hall–Kier alpha value is -7.23. The van der Waals surface area contributed by atoms with Gasteiger partial charge in [-0.3, -0.25) is 4.98 Å². The molecule has 0 amide bonds. The molecule has 1 aliphatic carbocycles. The molecular formula is C54H39N3. The first-order chi connectivity index (χ1) is 28.1. The highest BCUT2D eigenvalue weighted by molar-refractivity contribution is 5.89. The van der Waals surface area contributed by atoms with Gasteiger partial charge in [-0.1, -0.05) is 176 Å². The third kappa shape index (κ3) is 5.96. The summed E-state index contributed by atoms with van der Waals surface area (Å²) >= 11 is 0. The Balaban J connectivity index is 1.07. The number of rotatable bonds is 7. The Kier molecular flexibility index (Phi) is 8.49. The number of aromatic nitrogens is 3. The SMILES string of the molecule is Cc1cc(-c2ccc(-c3ccccc3)cc2)nc(-c2ccc3c(c2)-c2ccccc2C3(c2ccccc2)c2ccc(-c3cnc(-c4ccccc4)cc3C)cc2)n1. The van der Waals surface area contributed by atoms with Gasteiger partial charge in [0.15, 0.2) is 5.82 Å². The lowest BCUT2D eigenvalue weighted by molar-refractivity contribution is 0.768. The maximum Gasteiger partial charge on any atom is 0.160 e. The van der Waals surface area contributed by atoms with Crippen LogP contribution in [0.3, 0.4) is 0 Å². The molecule has 0 aliphatic heterocycles. The van der Waals surface area contributed by atoms with Gasteiger partial charge in [-0.2, -0.15) is 0 Å². The zero-order valence-electron chi connectivity index (χ0n) is 31.9. The Morgan fingerprint density at radius 3 is 1.63 bits per heavy atom. The minimum Gasteiger partial charge on any atom is -0.256 e. The van der Waals surface area contributed by atoms with Crippen LogP contribution in [0.1, 0.15) is 33.5 Å². The van der Waals surface area contributed by atoms with Crippen LogP contribution in [-0.2, 0) is 5.41 Å². The van der Waals surface area contributed by atoms with Crippen LogP contribution in [-0.4, -0.2) is 15.0 Å². The van der Waals surface area contributed by atoms with E-state index in [1.807, 2.05) is 18.3 Å². The number of nitrogens with zero attached hydrogens (tertiary/aromatic N) is 3. The van der Waals surface area contributed by atoms with Crippen molar-refractivity contribution in [1.29, 1.82) is 0 Å². The van der Waals surface area contributed by atoms with E-state index in [9.17, 15) is 0 Å². The topological polar surface area (TPSA) is 38.7 Å². The number of hydrogen-bond acceptors (Lipinski definition) is 3. The van der Waals surface area contributed by atoms with E-state index >= 15 is 0 Å². The quantitative estimate of drug-likeness (QED) is 0.164. The molecular weight excluding hydrogens is 691 g/mol. The third-order valence-corrected chi connectivity index (χ3v) is 11.5. The summed E-state index contributed by atoms with van der Waals surface area (Å²) in [4.78, 5) is 15.0. The summed E-state index contributed by atoms with van der Waals surface area (Å²) in [7, 11) is 0. The molecule has 0 N–H and O–H groups in total. The van der Waals surface area contributed by atoms with Crippen LogP contribution in [0.4, 0.5) is 0 Å². The van der Waals surface area contributed by atoms with Crippen molar-refractivity contribution in [3.63, 3.8) is 0 Å². The van der Waals surface area contributed by atoms with Crippen molar-refractivity contribution in [1.82, 2.24) is 15.0 Å². The van der Waals surface area contributed by atoms with Crippen molar-refractivity contribution in [2.45, 2.75) is 19.3 Å². The second-order valence-electron chi connectivity index (χ2n) is 14.9. The van der Waals surface area contributed by atoms with Gasteiger partial charge in [-0.25, -0.2) is 9.97 Å². The summed E-state index contributed by atoms with van der Waals surface area (Å²) in [5.41, 5.74) is 18.8. The molecule has 2 heterocycles. The lowest BCUT2D eigenvalue weighted by atomic mass is 9.67. The Morgan fingerprint density at radius 2 is 0.912 bits per heavy atom. The average molecular weight is 730 g/mol. The maximum absolute atomic E-state index is 5.16. The molecule has 1 aliphatic rings. The lowest BCUT2D eigenvalue weighted by Gasteiger charge is -2.34. The van der Waals surface area contributed by atoms with Gasteiger partial charge in [-0.15, -0.1) is 0 Å². The standard InChI is InChI=1S/C54H39N3/c1-36-32-51(41-16-8-4-9-17-41)55-35-48(36)40-26-29-45(30-27-40)54(44-18-10-5-11-19-44)49-21-13-12-20-46(49)47-34-43(28-31-50(47)54)53-56-37(2)33-52(57-53)42-24-22-39(23-25-42)38-14-6-3-7-15-38/h3-35H,1-2H3. The molecule has 9 aromatic rings. The maximum atomic E-state index is 5.16. The summed E-state index contributed by atoms with van der Waals surface area (Å²) < 4.78 is 0. The van der Waals surface area contributed by atoms with E-state index in [0.717, 1.165) is 50.7 Å². The van der Waals surface area contributed by atoms with E-state index in [2.05, 4.69) is 196 Å². The molecule has 270 valence electrons. The molecule has 0 saturated carbocycles. The molecule has 3 nitrogen and oxygen atoms in total. The van der Waals surface area contributed by atoms with Crippen molar-refractivity contribution >= 4 is 0 Å². The molecule has 57 heavy (non-hydrogen) atoms. The number of hydrogen-bond donors (Lipinski definition) is 0. The summed E-state index contributed by atoms with van der Waals surface area (Å²) in [6.07, 6.45) is 2.01. The second kappa shape index (κ2) is 14.1. The van der Waals surface area contributed by atoms with Gasteiger partial charge >= 0.3 is 0 Å². The fourth-order valence-electron chi connectivity index (χ4n) is 8.73. The third-order valence-electron chi connectivity index (χ3n) is 11.5. The van der Waals surface area contributed by atoms with E-state index in [4.69, 9.17) is 15.0 Å². The first kappa shape index (κ1) is 34.3. The molecule has 3 heteroatoms. The summed E-state index contributed by atoms with van der Waals surface area (Å²) in [6, 6.07) is 69.5. The fourth-order valence-corrected chi connectivity index (χ4v) is 8.73. The molecule has 0 bridgehead atoms. The van der Waals surface area contributed by atoms with E-state index in [1.165, 1.54) is 50.1 Å². The van der Waals surface area contributed by atoms with Gasteiger partial charge < -0.3 is 0 Å². The first-order valence-electron chi connectivity index (χ1n) is 19.5. The number of fused-ring (bicyclic) bond motifs is 3. The summed E-state index contributed by atoms with van der Waals surface area (Å²) in [5.74, 6) is 0.723. The van der Waals surface area contributed by atoms with Crippen LogP contribution >= 0.6 is 0 Å². The predicted octanol–water partition coefficient (Wildman–Crippen LogP) is 13.2. The Morgan fingerprint density at radius 1 is 0.368 bits per heavy atom. The number of benzene rings is 7. The van der Waals surface area contributed by atoms with Crippen molar-refractivity contribution in [3.05, 3.63) is 234 Å². The van der Waals surface area contributed by atoms with Gasteiger partial charge in [0.05, 0.1) is 16.8 Å². The predicted molar refractivity (Wildman–Crippen MR) is 234 cm³/mol. The van der Waals surface area contributed by atoms with Gasteiger partial charge in [-0.05, 0) is 87.7 Å². The van der Waals surface area contributed by atoms with Crippen LogP contribution in [0.25, 0.3) is 67.3 Å². The fraction of sp³-hybridized carbons (Fsp3) is 0.0556. The van der Waals surface area contributed by atoms with Crippen molar-refractivity contribution in [3.8, 4) is 67.3 Å². The van der Waals surface area contributed by atoms with Crippen molar-refractivity contribution < 1.29 is 0 Å². The van der Waals surface area contributed by atoms with Crippen LogP contribution in [0, 0.1) is 13.8 Å². The Labute approximate surface area is 334 Å². The molecule has 10 rings (SSSR count). The molecule has 0 spiro atoms. The van der Waals surface area contributed by atoms with Crippen LogP contribution < -0.4 is 0 Å². The van der Waals surface area contributed by atoms with Gasteiger partial charge in [0.1, 0.15) is 0 Å².